The zero-order chi connectivity index (χ0) is 41.3. The first kappa shape index (κ1) is 38.2. The molecular formula is C54H54N4O. The second kappa shape index (κ2) is 14.2. The molecule has 5 nitrogen and oxygen atoms in total. The molecular weight excluding hydrogens is 721 g/mol. The van der Waals surface area contributed by atoms with Gasteiger partial charge in [0.1, 0.15) is 24.0 Å². The van der Waals surface area contributed by atoms with E-state index < -0.39 is 0 Å². The van der Waals surface area contributed by atoms with E-state index in [1.54, 1.807) is 0 Å². The number of ether oxygens (including phenoxy) is 1. The summed E-state index contributed by atoms with van der Waals surface area (Å²) in [5, 5.41) is 2.35. The Kier molecular flexibility index (Phi) is 9.19. The Morgan fingerprint density at radius 3 is 1.97 bits per heavy atom. The Balaban J connectivity index is 1.13. The van der Waals surface area contributed by atoms with Gasteiger partial charge >= 0.3 is 0 Å². The number of benzene rings is 6. The molecule has 0 bridgehead atoms. The lowest BCUT2D eigenvalue weighted by atomic mass is 9.84. The topological polar surface area (TPSA) is 33.5 Å². The molecule has 1 aliphatic rings. The third kappa shape index (κ3) is 7.03. The average Bonchev–Trinajstić information content (AvgIpc) is 3.76. The van der Waals surface area contributed by atoms with E-state index in [9.17, 15) is 0 Å². The molecule has 0 saturated heterocycles. The van der Waals surface area contributed by atoms with Crippen LogP contribution in [0.3, 0.4) is 0 Å². The summed E-state index contributed by atoms with van der Waals surface area (Å²) in [5.41, 5.74) is 13.1. The van der Waals surface area contributed by atoms with Crippen molar-refractivity contribution in [2.75, 3.05) is 16.5 Å². The van der Waals surface area contributed by atoms with Gasteiger partial charge in [0, 0.05) is 40.4 Å². The molecule has 0 atom stereocenters. The smallest absolute Gasteiger partial charge is 0.137 e. The van der Waals surface area contributed by atoms with E-state index in [4.69, 9.17) is 9.72 Å². The molecule has 0 spiro atoms. The lowest BCUT2D eigenvalue weighted by Gasteiger charge is -2.30. The summed E-state index contributed by atoms with van der Waals surface area (Å²) >= 11 is 0. The minimum absolute atomic E-state index is 0.00240. The summed E-state index contributed by atoms with van der Waals surface area (Å²) in [6, 6.07) is 52.4. The van der Waals surface area contributed by atoms with Crippen LogP contribution >= 0.6 is 0 Å². The van der Waals surface area contributed by atoms with Crippen LogP contribution in [0.25, 0.3) is 38.8 Å². The van der Waals surface area contributed by atoms with Gasteiger partial charge in [-0.05, 0) is 93.1 Å². The molecule has 296 valence electrons. The maximum absolute atomic E-state index is 6.79. The van der Waals surface area contributed by atoms with Crippen LogP contribution in [-0.4, -0.2) is 16.2 Å². The molecule has 2 aromatic heterocycles. The fourth-order valence-corrected chi connectivity index (χ4v) is 8.55. The number of aromatic nitrogens is 2. The second-order valence-corrected chi connectivity index (χ2v) is 19.1. The normalized spacial score (nSPS) is 13.4. The Bertz CT molecular complexity index is 2850. The van der Waals surface area contributed by atoms with Crippen molar-refractivity contribution in [2.24, 2.45) is 0 Å². The highest BCUT2D eigenvalue weighted by atomic mass is 16.5. The van der Waals surface area contributed by atoms with Crippen molar-refractivity contribution in [2.45, 2.75) is 78.6 Å². The summed E-state index contributed by atoms with van der Waals surface area (Å²) in [4.78, 5) is 9.86. The van der Waals surface area contributed by atoms with Crippen molar-refractivity contribution in [3.8, 4) is 28.4 Å². The molecule has 8 aromatic rings. The first-order valence-corrected chi connectivity index (χ1v) is 20.8. The SMILES string of the molecule is CC(C)(C)c1ccnc(-n2c3ccccc3c3ccc(Oc4cccc(N5CN(c6cc(C(C)(C)C)ccc6-c6ccccc6)c6c5cccc6C(C)(C)C)c4)cc32)c1. The van der Waals surface area contributed by atoms with Crippen LogP contribution in [0.2, 0.25) is 0 Å². The maximum atomic E-state index is 6.79. The van der Waals surface area contributed by atoms with E-state index in [0.29, 0.717) is 6.67 Å². The van der Waals surface area contributed by atoms with Crippen molar-refractivity contribution in [3.63, 3.8) is 0 Å². The molecule has 5 heteroatoms. The largest absolute Gasteiger partial charge is 0.457 e. The third-order valence-electron chi connectivity index (χ3n) is 11.8. The molecule has 9 rings (SSSR count). The minimum atomic E-state index is -0.0796. The highest BCUT2D eigenvalue weighted by Crippen LogP contribution is 2.52. The first-order valence-electron chi connectivity index (χ1n) is 20.8. The summed E-state index contributed by atoms with van der Waals surface area (Å²) in [7, 11) is 0. The second-order valence-electron chi connectivity index (χ2n) is 19.1. The molecule has 0 fully saturated rings. The molecule has 1 aliphatic heterocycles. The number of rotatable bonds is 6. The summed E-state index contributed by atoms with van der Waals surface area (Å²) in [6.45, 7) is 21.2. The maximum Gasteiger partial charge on any atom is 0.137 e. The van der Waals surface area contributed by atoms with Crippen molar-refractivity contribution < 1.29 is 4.74 Å². The van der Waals surface area contributed by atoms with E-state index in [0.717, 1.165) is 34.0 Å². The number of pyridine rings is 1. The molecule has 0 N–H and O–H groups in total. The van der Waals surface area contributed by atoms with Crippen molar-refractivity contribution in [1.82, 2.24) is 9.55 Å². The Hall–Kier alpha value is -6.33. The van der Waals surface area contributed by atoms with Gasteiger partial charge in [0.15, 0.2) is 0 Å². The minimum Gasteiger partial charge on any atom is -0.457 e. The zero-order valence-corrected chi connectivity index (χ0v) is 35.8. The van der Waals surface area contributed by atoms with Crippen LogP contribution in [0.5, 0.6) is 11.5 Å². The van der Waals surface area contributed by atoms with E-state index >= 15 is 0 Å². The Morgan fingerprint density at radius 1 is 0.508 bits per heavy atom. The Labute approximate surface area is 349 Å². The van der Waals surface area contributed by atoms with Crippen LogP contribution in [0.4, 0.5) is 22.7 Å². The standard InChI is InChI=1S/C54H54N4O/c1-52(2,3)37-25-27-42(36-17-11-10-12-18-36)48(31-37)57-35-56(47-24-16-22-45(51(47)57)54(7,8)9)39-19-15-20-40(33-39)59-41-26-28-44-43-21-13-14-23-46(43)58(49(44)34-41)50-32-38(29-30-55-50)53(4,5)6/h10-34H,35H2,1-9H3. The molecule has 0 amide bonds. The molecule has 59 heavy (non-hydrogen) atoms. The van der Waals surface area contributed by atoms with Crippen molar-refractivity contribution in [3.05, 3.63) is 168 Å². The fourth-order valence-electron chi connectivity index (χ4n) is 8.55. The van der Waals surface area contributed by atoms with E-state index in [-0.39, 0.29) is 16.2 Å². The monoisotopic (exact) mass is 774 g/mol. The first-order chi connectivity index (χ1) is 28.1. The van der Waals surface area contributed by atoms with E-state index in [2.05, 4.69) is 222 Å². The molecule has 0 radical (unpaired) electrons. The number of hydrogen-bond acceptors (Lipinski definition) is 4. The number of para-hydroxylation sites is 2. The van der Waals surface area contributed by atoms with Gasteiger partial charge in [0.25, 0.3) is 0 Å². The van der Waals surface area contributed by atoms with Crippen LogP contribution in [0.15, 0.2) is 152 Å². The zero-order valence-electron chi connectivity index (χ0n) is 35.8. The third-order valence-corrected chi connectivity index (χ3v) is 11.8. The van der Waals surface area contributed by atoms with E-state index in [1.165, 1.54) is 55.7 Å². The predicted molar refractivity (Wildman–Crippen MR) is 249 cm³/mol. The fraction of sp³-hybridized carbons (Fsp3) is 0.241. The van der Waals surface area contributed by atoms with Gasteiger partial charge in [0.05, 0.1) is 28.1 Å². The summed E-state index contributed by atoms with van der Waals surface area (Å²) in [5.74, 6) is 2.46. The molecule has 0 saturated carbocycles. The van der Waals surface area contributed by atoms with Crippen LogP contribution in [0.1, 0.15) is 79.0 Å². The van der Waals surface area contributed by atoms with Gasteiger partial charge in [-0.2, -0.15) is 0 Å². The number of fused-ring (bicyclic) bond motifs is 4. The summed E-state index contributed by atoms with van der Waals surface area (Å²) < 4.78 is 9.05. The van der Waals surface area contributed by atoms with E-state index in [1.807, 2.05) is 6.20 Å². The average molecular weight is 775 g/mol. The highest BCUT2D eigenvalue weighted by molar-refractivity contribution is 6.09. The van der Waals surface area contributed by atoms with Crippen LogP contribution in [0, 0.1) is 0 Å². The van der Waals surface area contributed by atoms with Crippen LogP contribution in [-0.2, 0) is 16.2 Å². The molecule has 0 unspecified atom stereocenters. The van der Waals surface area contributed by atoms with Gasteiger partial charge in [-0.1, -0.05) is 141 Å². The highest BCUT2D eigenvalue weighted by Gasteiger charge is 2.35. The van der Waals surface area contributed by atoms with Gasteiger partial charge in [-0.25, -0.2) is 4.98 Å². The van der Waals surface area contributed by atoms with Crippen molar-refractivity contribution >= 4 is 44.6 Å². The van der Waals surface area contributed by atoms with Gasteiger partial charge in [-0.3, -0.25) is 4.57 Å². The molecule has 6 aromatic carbocycles. The lowest BCUT2D eigenvalue weighted by molar-refractivity contribution is 0.483. The lowest BCUT2D eigenvalue weighted by Crippen LogP contribution is -2.26. The Morgan fingerprint density at radius 2 is 1.20 bits per heavy atom. The molecule has 0 aliphatic carbocycles. The van der Waals surface area contributed by atoms with Gasteiger partial charge in [0.2, 0.25) is 0 Å². The van der Waals surface area contributed by atoms with Gasteiger partial charge in [-0.15, -0.1) is 0 Å². The number of hydrogen-bond donors (Lipinski definition) is 0. The van der Waals surface area contributed by atoms with Crippen LogP contribution < -0.4 is 14.5 Å². The number of nitrogens with zero attached hydrogens (tertiary/aromatic N) is 4. The number of anilines is 4. The predicted octanol–water partition coefficient (Wildman–Crippen LogP) is 14.8. The molecule has 3 heterocycles. The summed E-state index contributed by atoms with van der Waals surface area (Å²) in [6.07, 6.45) is 1.92. The van der Waals surface area contributed by atoms with Crippen molar-refractivity contribution in [1.29, 1.82) is 0 Å². The van der Waals surface area contributed by atoms with Gasteiger partial charge < -0.3 is 14.5 Å². The quantitative estimate of drug-likeness (QED) is 0.168.